The molecular formula is C25H30N4O3S. The van der Waals surface area contributed by atoms with Gasteiger partial charge in [-0.2, -0.15) is 0 Å². The van der Waals surface area contributed by atoms with Gasteiger partial charge in [-0.15, -0.1) is 11.3 Å². The first-order valence-electron chi connectivity index (χ1n) is 11.7. The number of aromatic nitrogens is 2. The lowest BCUT2D eigenvalue weighted by atomic mass is 9.94. The molecule has 1 aromatic carbocycles. The second-order valence-electron chi connectivity index (χ2n) is 8.75. The van der Waals surface area contributed by atoms with Gasteiger partial charge in [-0.05, 0) is 56.9 Å². The van der Waals surface area contributed by atoms with Crippen molar-refractivity contribution in [2.75, 3.05) is 37.7 Å². The molecule has 0 radical (unpaired) electrons. The van der Waals surface area contributed by atoms with Crippen LogP contribution in [0.25, 0.3) is 10.2 Å². The number of ether oxygens (including phenoxy) is 2. The Morgan fingerprint density at radius 3 is 2.67 bits per heavy atom. The van der Waals surface area contributed by atoms with Crippen molar-refractivity contribution >= 4 is 33.3 Å². The Hall–Kier alpha value is -2.87. The molecule has 0 bridgehead atoms. The van der Waals surface area contributed by atoms with Crippen LogP contribution in [0.3, 0.4) is 0 Å². The third-order valence-electron chi connectivity index (χ3n) is 6.76. The third kappa shape index (κ3) is 4.24. The summed E-state index contributed by atoms with van der Waals surface area (Å²) in [5.74, 6) is 2.84. The Balaban J connectivity index is 1.25. The number of carbonyl (C=O) groups excluding carboxylic acids is 1. The summed E-state index contributed by atoms with van der Waals surface area (Å²) in [6.45, 7) is 10.4. The molecule has 2 aromatic heterocycles. The zero-order valence-corrected chi connectivity index (χ0v) is 20.3. The standard InChI is InChI=1S/C25H30N4O3S/c1-4-28(14-18-5-6-20-21(13-18)32-12-11-31-20)25(30)19-7-9-29(10-8-19)23-22-16(2)17(3)33-24(22)27-15-26-23/h5-6,13,15,19H,4,7-12,14H2,1-3H3. The second-order valence-corrected chi connectivity index (χ2v) is 9.96. The number of rotatable bonds is 5. The summed E-state index contributed by atoms with van der Waals surface area (Å²) in [5, 5.41) is 1.17. The minimum atomic E-state index is 0.0426. The number of hydrogen-bond donors (Lipinski definition) is 0. The Morgan fingerprint density at radius 2 is 1.91 bits per heavy atom. The molecule has 3 aromatic rings. The molecule has 33 heavy (non-hydrogen) atoms. The normalized spacial score (nSPS) is 16.3. The zero-order valence-electron chi connectivity index (χ0n) is 19.5. The van der Waals surface area contributed by atoms with Crippen LogP contribution >= 0.6 is 11.3 Å². The first kappa shape index (κ1) is 21.9. The van der Waals surface area contributed by atoms with Gasteiger partial charge in [-0.25, -0.2) is 9.97 Å². The van der Waals surface area contributed by atoms with E-state index in [0.717, 1.165) is 53.6 Å². The highest BCUT2D eigenvalue weighted by molar-refractivity contribution is 7.18. The average molecular weight is 467 g/mol. The van der Waals surface area contributed by atoms with E-state index in [-0.39, 0.29) is 11.8 Å². The molecule has 0 spiro atoms. The molecule has 5 rings (SSSR count). The second kappa shape index (κ2) is 9.17. The zero-order chi connectivity index (χ0) is 22.9. The number of fused-ring (bicyclic) bond motifs is 2. The van der Waals surface area contributed by atoms with E-state index in [4.69, 9.17) is 9.47 Å². The fourth-order valence-electron chi connectivity index (χ4n) is 4.75. The number of aryl methyl sites for hydroxylation is 2. The summed E-state index contributed by atoms with van der Waals surface area (Å²) < 4.78 is 11.3. The number of thiophene rings is 1. The summed E-state index contributed by atoms with van der Waals surface area (Å²) >= 11 is 1.72. The van der Waals surface area contributed by atoms with Crippen molar-refractivity contribution in [3.8, 4) is 11.5 Å². The monoisotopic (exact) mass is 466 g/mol. The van der Waals surface area contributed by atoms with Gasteiger partial charge in [0.1, 0.15) is 30.2 Å². The number of hydrogen-bond acceptors (Lipinski definition) is 7. The fraction of sp³-hybridized carbons (Fsp3) is 0.480. The van der Waals surface area contributed by atoms with Gasteiger partial charge in [0.25, 0.3) is 0 Å². The predicted octanol–water partition coefficient (Wildman–Crippen LogP) is 4.34. The molecule has 0 N–H and O–H groups in total. The molecule has 4 heterocycles. The Labute approximate surface area is 198 Å². The molecular weight excluding hydrogens is 436 g/mol. The predicted molar refractivity (Wildman–Crippen MR) is 130 cm³/mol. The van der Waals surface area contributed by atoms with E-state index in [1.165, 1.54) is 15.8 Å². The molecule has 0 saturated carbocycles. The summed E-state index contributed by atoms with van der Waals surface area (Å²) in [7, 11) is 0. The lowest BCUT2D eigenvalue weighted by Crippen LogP contribution is -2.42. The number of amides is 1. The van der Waals surface area contributed by atoms with Crippen LogP contribution in [-0.4, -0.2) is 53.6 Å². The van der Waals surface area contributed by atoms with Gasteiger partial charge in [-0.3, -0.25) is 4.79 Å². The molecule has 8 heteroatoms. The summed E-state index contributed by atoms with van der Waals surface area (Å²) in [6.07, 6.45) is 3.34. The van der Waals surface area contributed by atoms with Crippen molar-refractivity contribution in [1.82, 2.24) is 14.9 Å². The molecule has 1 amide bonds. The van der Waals surface area contributed by atoms with Crippen molar-refractivity contribution in [2.24, 2.45) is 5.92 Å². The molecule has 0 unspecified atom stereocenters. The van der Waals surface area contributed by atoms with Gasteiger partial charge < -0.3 is 19.3 Å². The molecule has 2 aliphatic rings. The smallest absolute Gasteiger partial charge is 0.226 e. The topological polar surface area (TPSA) is 67.8 Å². The maximum absolute atomic E-state index is 13.4. The first-order valence-corrected chi connectivity index (χ1v) is 12.5. The summed E-state index contributed by atoms with van der Waals surface area (Å²) in [6, 6.07) is 5.97. The van der Waals surface area contributed by atoms with Crippen molar-refractivity contribution in [1.29, 1.82) is 0 Å². The van der Waals surface area contributed by atoms with E-state index in [1.807, 2.05) is 30.0 Å². The van der Waals surface area contributed by atoms with Gasteiger partial charge in [-0.1, -0.05) is 6.07 Å². The van der Waals surface area contributed by atoms with E-state index >= 15 is 0 Å². The summed E-state index contributed by atoms with van der Waals surface area (Å²) in [4.78, 5) is 29.1. The van der Waals surface area contributed by atoms with E-state index in [9.17, 15) is 4.79 Å². The first-order chi connectivity index (χ1) is 16.0. The van der Waals surface area contributed by atoms with E-state index < -0.39 is 0 Å². The Morgan fingerprint density at radius 1 is 1.15 bits per heavy atom. The summed E-state index contributed by atoms with van der Waals surface area (Å²) in [5.41, 5.74) is 2.33. The Kier molecular flexibility index (Phi) is 6.10. The highest BCUT2D eigenvalue weighted by Crippen LogP contribution is 2.36. The number of anilines is 1. The number of benzene rings is 1. The maximum atomic E-state index is 13.4. The molecule has 0 aliphatic carbocycles. The third-order valence-corrected chi connectivity index (χ3v) is 7.88. The van der Waals surface area contributed by atoms with Crippen LogP contribution in [0.5, 0.6) is 11.5 Å². The van der Waals surface area contributed by atoms with Crippen molar-refractivity contribution in [3.05, 3.63) is 40.5 Å². The van der Waals surface area contributed by atoms with Crippen LogP contribution in [0, 0.1) is 19.8 Å². The van der Waals surface area contributed by atoms with Gasteiger partial charge in [0.2, 0.25) is 5.91 Å². The van der Waals surface area contributed by atoms with E-state index in [0.29, 0.717) is 26.3 Å². The molecule has 174 valence electrons. The fourth-order valence-corrected chi connectivity index (χ4v) is 5.74. The van der Waals surface area contributed by atoms with Crippen LogP contribution in [-0.2, 0) is 11.3 Å². The largest absolute Gasteiger partial charge is 0.486 e. The van der Waals surface area contributed by atoms with Crippen LogP contribution in [0.15, 0.2) is 24.5 Å². The molecule has 1 saturated heterocycles. The van der Waals surface area contributed by atoms with Gasteiger partial charge in [0, 0.05) is 37.0 Å². The highest BCUT2D eigenvalue weighted by atomic mass is 32.1. The van der Waals surface area contributed by atoms with Gasteiger partial charge in [0.15, 0.2) is 11.5 Å². The van der Waals surface area contributed by atoms with Gasteiger partial charge >= 0.3 is 0 Å². The molecule has 2 aliphatic heterocycles. The van der Waals surface area contributed by atoms with Crippen LogP contribution in [0.1, 0.15) is 35.8 Å². The van der Waals surface area contributed by atoms with Crippen LogP contribution in [0.2, 0.25) is 0 Å². The quantitative estimate of drug-likeness (QED) is 0.557. The minimum absolute atomic E-state index is 0.0426. The van der Waals surface area contributed by atoms with E-state index in [1.54, 1.807) is 17.7 Å². The number of piperidine rings is 1. The maximum Gasteiger partial charge on any atom is 0.226 e. The Bertz CT molecular complexity index is 1170. The van der Waals surface area contributed by atoms with E-state index in [2.05, 4.69) is 28.7 Å². The molecule has 1 fully saturated rings. The average Bonchev–Trinajstić information content (AvgIpc) is 3.15. The lowest BCUT2D eigenvalue weighted by Gasteiger charge is -2.35. The molecule has 0 atom stereocenters. The highest BCUT2D eigenvalue weighted by Gasteiger charge is 2.30. The SMILES string of the molecule is CCN(Cc1ccc2c(c1)OCCO2)C(=O)C1CCN(c2ncnc3sc(C)c(C)c23)CC1. The lowest BCUT2D eigenvalue weighted by molar-refractivity contribution is -0.136. The van der Waals surface area contributed by atoms with Crippen molar-refractivity contribution in [3.63, 3.8) is 0 Å². The van der Waals surface area contributed by atoms with Gasteiger partial charge in [0.05, 0.1) is 5.39 Å². The molecule has 7 nitrogen and oxygen atoms in total. The number of nitrogens with zero attached hydrogens (tertiary/aromatic N) is 4. The van der Waals surface area contributed by atoms with Crippen molar-refractivity contribution in [2.45, 2.75) is 40.2 Å². The van der Waals surface area contributed by atoms with Crippen LogP contribution in [0.4, 0.5) is 5.82 Å². The number of carbonyl (C=O) groups is 1. The minimum Gasteiger partial charge on any atom is -0.486 e. The van der Waals surface area contributed by atoms with Crippen molar-refractivity contribution < 1.29 is 14.3 Å². The van der Waals surface area contributed by atoms with Crippen LogP contribution < -0.4 is 14.4 Å².